The predicted molar refractivity (Wildman–Crippen MR) is 92.7 cm³/mol. The van der Waals surface area contributed by atoms with Gasteiger partial charge in [0, 0.05) is 31.9 Å². The molecule has 2 saturated heterocycles. The van der Waals surface area contributed by atoms with Crippen molar-refractivity contribution >= 4 is 11.9 Å². The van der Waals surface area contributed by atoms with Crippen LogP contribution in [-0.2, 0) is 11.2 Å². The molecule has 4 rings (SSSR count). The smallest absolute Gasteiger partial charge is 0.225 e. The van der Waals surface area contributed by atoms with Gasteiger partial charge >= 0.3 is 0 Å². The summed E-state index contributed by atoms with van der Waals surface area (Å²) in [5.41, 5.74) is 1.23. The Labute approximate surface area is 142 Å². The van der Waals surface area contributed by atoms with Crippen molar-refractivity contribution in [2.24, 2.45) is 0 Å². The highest BCUT2D eigenvalue weighted by Crippen LogP contribution is 2.33. The van der Waals surface area contributed by atoms with Crippen LogP contribution < -0.4 is 4.90 Å². The molecule has 2 atom stereocenters. The van der Waals surface area contributed by atoms with E-state index in [4.69, 9.17) is 0 Å². The van der Waals surface area contributed by atoms with Crippen molar-refractivity contribution in [3.05, 3.63) is 54.4 Å². The molecule has 1 aromatic heterocycles. The number of hydrogen-bond donors (Lipinski definition) is 0. The van der Waals surface area contributed by atoms with E-state index >= 15 is 0 Å². The SMILES string of the molecule is O=C(CCc1ccccc1)N1CC[C@@H]2[C@@H]1CCN2c1ncccn1. The minimum Gasteiger partial charge on any atom is -0.337 e. The van der Waals surface area contributed by atoms with Crippen molar-refractivity contribution < 1.29 is 4.79 Å². The third-order valence-electron chi connectivity index (χ3n) is 5.18. The highest BCUT2D eigenvalue weighted by molar-refractivity contribution is 5.77. The van der Waals surface area contributed by atoms with Crippen LogP contribution in [0.2, 0.25) is 0 Å². The van der Waals surface area contributed by atoms with Crippen molar-refractivity contribution in [2.45, 2.75) is 37.8 Å². The van der Waals surface area contributed by atoms with Crippen molar-refractivity contribution in [2.75, 3.05) is 18.0 Å². The minimum atomic E-state index is 0.280. The van der Waals surface area contributed by atoms with E-state index in [9.17, 15) is 4.79 Å². The molecule has 5 heteroatoms. The average Bonchev–Trinajstić information content (AvgIpc) is 3.23. The Morgan fingerprint density at radius 3 is 2.54 bits per heavy atom. The van der Waals surface area contributed by atoms with Crippen LogP contribution in [0.5, 0.6) is 0 Å². The largest absolute Gasteiger partial charge is 0.337 e. The summed E-state index contributed by atoms with van der Waals surface area (Å²) in [6, 6.07) is 12.8. The number of aryl methyl sites for hydroxylation is 1. The van der Waals surface area contributed by atoms with Gasteiger partial charge < -0.3 is 9.80 Å². The van der Waals surface area contributed by atoms with E-state index in [0.29, 0.717) is 18.5 Å². The molecular formula is C19H22N4O. The van der Waals surface area contributed by atoms with Crippen LogP contribution in [0.25, 0.3) is 0 Å². The molecular weight excluding hydrogens is 300 g/mol. The molecule has 2 fully saturated rings. The summed E-state index contributed by atoms with van der Waals surface area (Å²) in [4.78, 5) is 25.8. The molecule has 124 valence electrons. The highest BCUT2D eigenvalue weighted by atomic mass is 16.2. The van der Waals surface area contributed by atoms with E-state index in [-0.39, 0.29) is 5.91 Å². The Hall–Kier alpha value is -2.43. The number of rotatable bonds is 4. The van der Waals surface area contributed by atoms with Gasteiger partial charge in [0.1, 0.15) is 0 Å². The Kier molecular flexibility index (Phi) is 4.15. The third-order valence-corrected chi connectivity index (χ3v) is 5.18. The van der Waals surface area contributed by atoms with Gasteiger partial charge in [-0.25, -0.2) is 9.97 Å². The van der Waals surface area contributed by atoms with Gasteiger partial charge in [-0.15, -0.1) is 0 Å². The number of carbonyl (C=O) groups excluding carboxylic acids is 1. The number of amides is 1. The Morgan fingerprint density at radius 2 is 1.75 bits per heavy atom. The summed E-state index contributed by atoms with van der Waals surface area (Å²) in [7, 11) is 0. The third kappa shape index (κ3) is 2.86. The number of hydrogen-bond acceptors (Lipinski definition) is 4. The van der Waals surface area contributed by atoms with Crippen LogP contribution in [0.4, 0.5) is 5.95 Å². The normalized spacial score (nSPS) is 22.7. The lowest BCUT2D eigenvalue weighted by Gasteiger charge is -2.25. The number of likely N-dealkylation sites (tertiary alicyclic amines) is 1. The molecule has 0 radical (unpaired) electrons. The molecule has 2 aromatic rings. The number of fused-ring (bicyclic) bond motifs is 1. The Morgan fingerprint density at radius 1 is 1.00 bits per heavy atom. The second-order valence-electron chi connectivity index (χ2n) is 6.53. The first-order valence-corrected chi connectivity index (χ1v) is 8.70. The summed E-state index contributed by atoms with van der Waals surface area (Å²) >= 11 is 0. The summed E-state index contributed by atoms with van der Waals surface area (Å²) < 4.78 is 0. The molecule has 24 heavy (non-hydrogen) atoms. The van der Waals surface area contributed by atoms with E-state index in [2.05, 4.69) is 31.9 Å². The standard InChI is InChI=1S/C19H22N4O/c24-18(8-7-15-5-2-1-3-6-15)22-13-9-17-16(22)10-14-23(17)19-20-11-4-12-21-19/h1-6,11-12,16-17H,7-10,13-14H2/t16-,17+/m0/s1. The lowest BCUT2D eigenvalue weighted by molar-refractivity contribution is -0.131. The zero-order chi connectivity index (χ0) is 16.4. The fourth-order valence-corrected chi connectivity index (χ4v) is 4.02. The molecule has 3 heterocycles. The van der Waals surface area contributed by atoms with Crippen molar-refractivity contribution in [3.8, 4) is 0 Å². The lowest BCUT2D eigenvalue weighted by atomic mass is 10.1. The second-order valence-corrected chi connectivity index (χ2v) is 6.53. The quantitative estimate of drug-likeness (QED) is 0.866. The number of aromatic nitrogens is 2. The van der Waals surface area contributed by atoms with Crippen LogP contribution in [0, 0.1) is 0 Å². The van der Waals surface area contributed by atoms with Crippen LogP contribution in [-0.4, -0.2) is 45.9 Å². The number of anilines is 1. The molecule has 0 aliphatic carbocycles. The topological polar surface area (TPSA) is 49.3 Å². The van der Waals surface area contributed by atoms with Gasteiger partial charge in [-0.2, -0.15) is 0 Å². The maximum atomic E-state index is 12.7. The van der Waals surface area contributed by atoms with E-state index in [1.54, 1.807) is 12.4 Å². The van der Waals surface area contributed by atoms with Gasteiger partial charge in [-0.05, 0) is 30.9 Å². The highest BCUT2D eigenvalue weighted by Gasteiger charge is 2.44. The fraction of sp³-hybridized carbons (Fsp3) is 0.421. The van der Waals surface area contributed by atoms with Gasteiger partial charge in [0.05, 0.1) is 12.1 Å². The molecule has 1 amide bonds. The summed E-state index contributed by atoms with van der Waals surface area (Å²) in [5.74, 6) is 1.07. The fourth-order valence-electron chi connectivity index (χ4n) is 4.02. The minimum absolute atomic E-state index is 0.280. The molecule has 5 nitrogen and oxygen atoms in total. The van der Waals surface area contributed by atoms with Crippen LogP contribution >= 0.6 is 0 Å². The first-order chi connectivity index (χ1) is 11.8. The number of nitrogens with zero attached hydrogens (tertiary/aromatic N) is 4. The van der Waals surface area contributed by atoms with Gasteiger partial charge in [-0.3, -0.25) is 4.79 Å². The van der Waals surface area contributed by atoms with Crippen LogP contribution in [0.1, 0.15) is 24.8 Å². The predicted octanol–water partition coefficient (Wildman–Crippen LogP) is 2.29. The molecule has 2 aliphatic heterocycles. The van der Waals surface area contributed by atoms with Crippen molar-refractivity contribution in [3.63, 3.8) is 0 Å². The molecule has 0 spiro atoms. The molecule has 0 unspecified atom stereocenters. The van der Waals surface area contributed by atoms with Crippen molar-refractivity contribution in [1.82, 2.24) is 14.9 Å². The lowest BCUT2D eigenvalue weighted by Crippen LogP contribution is -2.40. The van der Waals surface area contributed by atoms with E-state index in [1.807, 2.05) is 24.3 Å². The first-order valence-electron chi connectivity index (χ1n) is 8.70. The number of benzene rings is 1. The van der Waals surface area contributed by atoms with Crippen LogP contribution in [0.3, 0.4) is 0 Å². The maximum absolute atomic E-state index is 12.7. The average molecular weight is 322 g/mol. The molecule has 2 aliphatic rings. The maximum Gasteiger partial charge on any atom is 0.225 e. The van der Waals surface area contributed by atoms with E-state index < -0.39 is 0 Å². The summed E-state index contributed by atoms with van der Waals surface area (Å²) in [5, 5.41) is 0. The number of carbonyl (C=O) groups is 1. The van der Waals surface area contributed by atoms with E-state index in [0.717, 1.165) is 38.3 Å². The van der Waals surface area contributed by atoms with Gasteiger partial charge in [-0.1, -0.05) is 30.3 Å². The second kappa shape index (κ2) is 6.59. The van der Waals surface area contributed by atoms with Gasteiger partial charge in [0.15, 0.2) is 0 Å². The van der Waals surface area contributed by atoms with Crippen LogP contribution in [0.15, 0.2) is 48.8 Å². The zero-order valence-corrected chi connectivity index (χ0v) is 13.7. The monoisotopic (exact) mass is 322 g/mol. The molecule has 0 saturated carbocycles. The van der Waals surface area contributed by atoms with Gasteiger partial charge in [0.2, 0.25) is 11.9 Å². The molecule has 0 bridgehead atoms. The summed E-state index contributed by atoms with van der Waals surface area (Å²) in [6.45, 7) is 1.79. The Balaban J connectivity index is 1.39. The van der Waals surface area contributed by atoms with E-state index in [1.165, 1.54) is 5.56 Å². The summed E-state index contributed by atoms with van der Waals surface area (Å²) in [6.07, 6.45) is 7.01. The molecule has 0 N–H and O–H groups in total. The molecule has 1 aromatic carbocycles. The first kappa shape index (κ1) is 15.1. The zero-order valence-electron chi connectivity index (χ0n) is 13.7. The van der Waals surface area contributed by atoms with Gasteiger partial charge in [0.25, 0.3) is 0 Å². The Bertz CT molecular complexity index is 691. The van der Waals surface area contributed by atoms with Crippen molar-refractivity contribution in [1.29, 1.82) is 0 Å².